The molecule has 0 aliphatic carbocycles. The van der Waals surface area contributed by atoms with Gasteiger partial charge in [0, 0.05) is 17.5 Å². The molecule has 3 rings (SSSR count). The molecule has 3 aromatic rings. The lowest BCUT2D eigenvalue weighted by atomic mass is 10.2. The predicted octanol–water partition coefficient (Wildman–Crippen LogP) is 5.81. The van der Waals surface area contributed by atoms with Crippen LogP contribution in [0.1, 0.15) is 11.1 Å². The summed E-state index contributed by atoms with van der Waals surface area (Å²) in [6.07, 6.45) is -1.77. The van der Waals surface area contributed by atoms with E-state index >= 15 is 0 Å². The first-order valence-electron chi connectivity index (χ1n) is 9.08. The van der Waals surface area contributed by atoms with Crippen LogP contribution in [0.15, 0.2) is 83.8 Å². The van der Waals surface area contributed by atoms with Gasteiger partial charge in [-0.2, -0.15) is 13.2 Å². The highest BCUT2D eigenvalue weighted by atomic mass is 35.5. The Morgan fingerprint density at radius 1 is 0.906 bits per heavy atom. The number of amides is 1. The standard InChI is InChI=1S/C22H16ClF3N2O3S/c23-20-12-9-17(14-19(20)22(24,25)26)28-32(30,31)18-10-7-16(8-11-18)27-21(29)13-6-15-4-2-1-3-5-15/h1-14,28H,(H,27,29)/b13-6+. The number of nitrogens with one attached hydrogen (secondary N) is 2. The van der Waals surface area contributed by atoms with Gasteiger partial charge in [0.1, 0.15) is 0 Å². The predicted molar refractivity (Wildman–Crippen MR) is 118 cm³/mol. The molecule has 32 heavy (non-hydrogen) atoms. The molecule has 3 aromatic carbocycles. The summed E-state index contributed by atoms with van der Waals surface area (Å²) in [6, 6.07) is 17.1. The molecule has 0 spiro atoms. The number of hydrogen-bond donors (Lipinski definition) is 2. The molecule has 0 radical (unpaired) electrons. The van der Waals surface area contributed by atoms with Crippen LogP contribution < -0.4 is 10.0 Å². The van der Waals surface area contributed by atoms with Crippen molar-refractivity contribution in [1.29, 1.82) is 0 Å². The molecule has 0 fully saturated rings. The molecule has 0 saturated heterocycles. The molecule has 0 aromatic heterocycles. The Morgan fingerprint density at radius 3 is 2.16 bits per heavy atom. The summed E-state index contributed by atoms with van der Waals surface area (Å²) in [5.74, 6) is -0.413. The van der Waals surface area contributed by atoms with Crippen LogP contribution in [-0.4, -0.2) is 14.3 Å². The minimum Gasteiger partial charge on any atom is -0.323 e. The van der Waals surface area contributed by atoms with Crippen molar-refractivity contribution < 1.29 is 26.4 Å². The quantitative estimate of drug-likeness (QED) is 0.437. The number of rotatable bonds is 6. The zero-order chi connectivity index (χ0) is 23.4. The van der Waals surface area contributed by atoms with E-state index in [0.717, 1.165) is 17.7 Å². The fraction of sp³-hybridized carbons (Fsp3) is 0.0455. The van der Waals surface area contributed by atoms with E-state index in [1.807, 2.05) is 30.3 Å². The van der Waals surface area contributed by atoms with Crippen molar-refractivity contribution >= 4 is 45.0 Å². The molecule has 0 saturated carbocycles. The summed E-state index contributed by atoms with van der Waals surface area (Å²) in [7, 11) is -4.17. The number of hydrogen-bond acceptors (Lipinski definition) is 3. The van der Waals surface area contributed by atoms with Gasteiger partial charge in [-0.05, 0) is 54.1 Å². The van der Waals surface area contributed by atoms with Crippen LogP contribution in [-0.2, 0) is 21.0 Å². The van der Waals surface area contributed by atoms with E-state index in [0.29, 0.717) is 11.8 Å². The number of benzene rings is 3. The third kappa shape index (κ3) is 6.12. The van der Waals surface area contributed by atoms with Crippen LogP contribution in [0.4, 0.5) is 24.5 Å². The van der Waals surface area contributed by atoms with Gasteiger partial charge in [0.15, 0.2) is 0 Å². The Bertz CT molecular complexity index is 1240. The zero-order valence-corrected chi connectivity index (χ0v) is 17.8. The second-order valence-electron chi connectivity index (χ2n) is 6.56. The number of halogens is 4. The van der Waals surface area contributed by atoms with Crippen molar-refractivity contribution in [3.05, 3.63) is 95.0 Å². The number of anilines is 2. The largest absolute Gasteiger partial charge is 0.417 e. The molecule has 0 unspecified atom stereocenters. The molecule has 10 heteroatoms. The molecule has 0 atom stereocenters. The van der Waals surface area contributed by atoms with Crippen molar-refractivity contribution in [1.82, 2.24) is 0 Å². The zero-order valence-electron chi connectivity index (χ0n) is 16.2. The van der Waals surface area contributed by atoms with Crippen LogP contribution in [0.2, 0.25) is 5.02 Å². The Morgan fingerprint density at radius 2 is 1.53 bits per heavy atom. The molecule has 2 N–H and O–H groups in total. The van der Waals surface area contributed by atoms with Gasteiger partial charge in [0.2, 0.25) is 5.91 Å². The Balaban J connectivity index is 1.70. The number of carbonyl (C=O) groups excluding carboxylic acids is 1. The van der Waals surface area contributed by atoms with Gasteiger partial charge in [0.25, 0.3) is 10.0 Å². The Labute approximate surface area is 187 Å². The minimum atomic E-state index is -4.73. The highest BCUT2D eigenvalue weighted by molar-refractivity contribution is 7.92. The van der Waals surface area contributed by atoms with E-state index in [1.165, 1.54) is 30.3 Å². The lowest BCUT2D eigenvalue weighted by Crippen LogP contribution is -2.14. The van der Waals surface area contributed by atoms with Gasteiger partial charge >= 0.3 is 6.18 Å². The minimum absolute atomic E-state index is 0.196. The van der Waals surface area contributed by atoms with Crippen molar-refractivity contribution in [2.45, 2.75) is 11.1 Å². The van der Waals surface area contributed by atoms with E-state index < -0.39 is 32.7 Å². The van der Waals surface area contributed by atoms with Gasteiger partial charge in [0.05, 0.1) is 15.5 Å². The van der Waals surface area contributed by atoms with Gasteiger partial charge in [-0.25, -0.2) is 8.42 Å². The topological polar surface area (TPSA) is 75.3 Å². The summed E-state index contributed by atoms with van der Waals surface area (Å²) in [5, 5.41) is 2.05. The fourth-order valence-corrected chi connectivity index (χ4v) is 3.93. The van der Waals surface area contributed by atoms with Crippen LogP contribution in [0.5, 0.6) is 0 Å². The van der Waals surface area contributed by atoms with E-state index in [-0.39, 0.29) is 10.6 Å². The highest BCUT2D eigenvalue weighted by Gasteiger charge is 2.33. The number of alkyl halides is 3. The maximum absolute atomic E-state index is 13.0. The van der Waals surface area contributed by atoms with Gasteiger partial charge in [-0.15, -0.1) is 0 Å². The average molecular weight is 481 g/mol. The van der Waals surface area contributed by atoms with Crippen LogP contribution in [0.25, 0.3) is 6.08 Å². The Hall–Kier alpha value is -3.30. The molecule has 0 bridgehead atoms. The second kappa shape index (κ2) is 9.46. The smallest absolute Gasteiger partial charge is 0.323 e. The molecule has 0 heterocycles. The monoisotopic (exact) mass is 480 g/mol. The number of sulfonamides is 1. The van der Waals surface area contributed by atoms with Gasteiger partial charge in [-0.3, -0.25) is 9.52 Å². The first-order chi connectivity index (χ1) is 15.0. The third-order valence-electron chi connectivity index (χ3n) is 4.18. The molecule has 0 aliphatic heterocycles. The average Bonchev–Trinajstić information content (AvgIpc) is 2.74. The van der Waals surface area contributed by atoms with Crippen LogP contribution in [0, 0.1) is 0 Å². The number of carbonyl (C=O) groups is 1. The first-order valence-corrected chi connectivity index (χ1v) is 10.9. The van der Waals surface area contributed by atoms with Crippen molar-refractivity contribution in [2.24, 2.45) is 0 Å². The first kappa shape index (κ1) is 23.4. The van der Waals surface area contributed by atoms with E-state index in [2.05, 4.69) is 10.0 Å². The summed E-state index contributed by atoms with van der Waals surface area (Å²) in [4.78, 5) is 11.8. The van der Waals surface area contributed by atoms with Gasteiger partial charge in [-0.1, -0.05) is 41.9 Å². The molecular weight excluding hydrogens is 465 g/mol. The molecule has 1 amide bonds. The fourth-order valence-electron chi connectivity index (χ4n) is 2.66. The van der Waals surface area contributed by atoms with E-state index in [9.17, 15) is 26.4 Å². The van der Waals surface area contributed by atoms with E-state index in [1.54, 1.807) is 6.08 Å². The summed E-state index contributed by atoms with van der Waals surface area (Å²) in [5.41, 5.74) is -0.255. The van der Waals surface area contributed by atoms with Crippen LogP contribution >= 0.6 is 11.6 Å². The molecular formula is C22H16ClF3N2O3S. The van der Waals surface area contributed by atoms with Gasteiger partial charge < -0.3 is 5.32 Å². The maximum atomic E-state index is 13.0. The molecule has 0 aliphatic rings. The summed E-state index contributed by atoms with van der Waals surface area (Å²) < 4.78 is 66.1. The van der Waals surface area contributed by atoms with E-state index in [4.69, 9.17) is 11.6 Å². The second-order valence-corrected chi connectivity index (χ2v) is 8.65. The SMILES string of the molecule is O=C(/C=C/c1ccccc1)Nc1ccc(S(=O)(=O)Nc2ccc(Cl)c(C(F)(F)F)c2)cc1. The summed E-state index contributed by atoms with van der Waals surface area (Å²) >= 11 is 5.55. The maximum Gasteiger partial charge on any atom is 0.417 e. The Kier molecular flexibility index (Phi) is 6.90. The lowest BCUT2D eigenvalue weighted by Gasteiger charge is -2.13. The molecule has 166 valence electrons. The lowest BCUT2D eigenvalue weighted by molar-refractivity contribution is -0.137. The van der Waals surface area contributed by atoms with Crippen LogP contribution in [0.3, 0.4) is 0 Å². The molecule has 5 nitrogen and oxygen atoms in total. The normalized spacial score (nSPS) is 12.0. The van der Waals surface area contributed by atoms with Crippen molar-refractivity contribution in [3.63, 3.8) is 0 Å². The van der Waals surface area contributed by atoms with Crippen molar-refractivity contribution in [3.8, 4) is 0 Å². The van der Waals surface area contributed by atoms with Crippen molar-refractivity contribution in [2.75, 3.05) is 10.0 Å². The highest BCUT2D eigenvalue weighted by Crippen LogP contribution is 2.36. The summed E-state index contributed by atoms with van der Waals surface area (Å²) in [6.45, 7) is 0. The third-order valence-corrected chi connectivity index (χ3v) is 5.91.